The molecular weight excluding hydrogens is 298 g/mol. The Hall–Kier alpha value is -0.880. The van der Waals surface area contributed by atoms with Gasteiger partial charge < -0.3 is 10.1 Å². The molecule has 1 aliphatic heterocycles. The quantitative estimate of drug-likeness (QED) is 0.901. The molecule has 1 fully saturated rings. The fourth-order valence-corrected chi connectivity index (χ4v) is 2.41. The van der Waals surface area contributed by atoms with Crippen molar-refractivity contribution in [3.8, 4) is 0 Å². The molecule has 6 heteroatoms. The molecule has 1 saturated heterocycles. The van der Waals surface area contributed by atoms with E-state index in [2.05, 4.69) is 26.3 Å². The molecule has 1 aliphatic rings. The first-order valence-corrected chi connectivity index (χ1v) is 7.09. The van der Waals surface area contributed by atoms with Gasteiger partial charge in [0.05, 0.1) is 18.5 Å². The topological polar surface area (TPSA) is 56.1 Å². The molecule has 0 aromatic carbocycles. The zero-order chi connectivity index (χ0) is 13.0. The molecule has 0 bridgehead atoms. The molecule has 100 valence electrons. The summed E-state index contributed by atoms with van der Waals surface area (Å²) in [4.78, 5) is 12.0. The molecule has 0 aliphatic carbocycles. The fourth-order valence-electron chi connectivity index (χ4n) is 1.96. The highest BCUT2D eigenvalue weighted by Crippen LogP contribution is 2.18. The maximum atomic E-state index is 12.0. The van der Waals surface area contributed by atoms with Crippen molar-refractivity contribution in [1.82, 2.24) is 9.78 Å². The van der Waals surface area contributed by atoms with Gasteiger partial charge in [0.15, 0.2) is 0 Å². The normalized spacial score (nSPS) is 19.1. The lowest BCUT2D eigenvalue weighted by atomic mass is 10.1. The predicted molar refractivity (Wildman–Crippen MR) is 73.9 cm³/mol. The van der Waals surface area contributed by atoms with Crippen LogP contribution in [0.3, 0.4) is 0 Å². The van der Waals surface area contributed by atoms with E-state index in [1.165, 1.54) is 4.68 Å². The summed E-state index contributed by atoms with van der Waals surface area (Å²) in [5.74, 6) is 0.523. The van der Waals surface area contributed by atoms with Crippen molar-refractivity contribution in [3.05, 3.63) is 21.0 Å². The van der Waals surface area contributed by atoms with Crippen LogP contribution in [0.2, 0.25) is 0 Å². The summed E-state index contributed by atoms with van der Waals surface area (Å²) in [7, 11) is 0. The molecule has 5 nitrogen and oxygen atoms in total. The first-order valence-electron chi connectivity index (χ1n) is 6.29. The van der Waals surface area contributed by atoms with Crippen LogP contribution in [0.15, 0.2) is 15.5 Å². The molecule has 2 rings (SSSR count). The van der Waals surface area contributed by atoms with Gasteiger partial charge in [0.1, 0.15) is 4.47 Å². The molecule has 0 radical (unpaired) electrons. The number of aryl methyl sites for hydroxylation is 1. The third kappa shape index (κ3) is 3.11. The third-order valence-electron chi connectivity index (χ3n) is 3.03. The van der Waals surface area contributed by atoms with Crippen molar-refractivity contribution >= 4 is 21.6 Å². The van der Waals surface area contributed by atoms with E-state index in [1.54, 1.807) is 6.20 Å². The zero-order valence-electron chi connectivity index (χ0n) is 10.5. The van der Waals surface area contributed by atoms with Crippen LogP contribution < -0.4 is 10.9 Å². The fraction of sp³-hybridized carbons (Fsp3) is 0.667. The second-order valence-corrected chi connectivity index (χ2v) is 5.30. The summed E-state index contributed by atoms with van der Waals surface area (Å²) in [6, 6.07) is 0. The Morgan fingerprint density at radius 3 is 3.17 bits per heavy atom. The largest absolute Gasteiger partial charge is 0.382 e. The molecule has 18 heavy (non-hydrogen) atoms. The summed E-state index contributed by atoms with van der Waals surface area (Å²) in [6.07, 6.45) is 3.67. The van der Waals surface area contributed by atoms with Crippen molar-refractivity contribution in [3.63, 3.8) is 0 Å². The SMILES string of the molecule is CCCn1ncc(NCC2CCOC2)c(Br)c1=O. The lowest BCUT2D eigenvalue weighted by Gasteiger charge is -2.12. The lowest BCUT2D eigenvalue weighted by Crippen LogP contribution is -2.25. The molecule has 1 aromatic heterocycles. The Balaban J connectivity index is 2.04. The van der Waals surface area contributed by atoms with E-state index in [4.69, 9.17) is 4.74 Å². The van der Waals surface area contributed by atoms with Gasteiger partial charge in [0, 0.05) is 25.6 Å². The summed E-state index contributed by atoms with van der Waals surface area (Å²) < 4.78 is 7.36. The smallest absolute Gasteiger partial charge is 0.283 e. The average molecular weight is 316 g/mol. The van der Waals surface area contributed by atoms with Gasteiger partial charge in [-0.15, -0.1) is 0 Å². The van der Waals surface area contributed by atoms with Crippen molar-refractivity contribution in [2.45, 2.75) is 26.3 Å². The maximum absolute atomic E-state index is 12.0. The van der Waals surface area contributed by atoms with Crippen LogP contribution in [0.1, 0.15) is 19.8 Å². The second-order valence-electron chi connectivity index (χ2n) is 4.51. The summed E-state index contributed by atoms with van der Waals surface area (Å²) >= 11 is 3.34. The standard InChI is InChI=1S/C12H18BrN3O2/c1-2-4-16-12(17)11(13)10(7-15-16)14-6-9-3-5-18-8-9/h7,9,14H,2-6,8H2,1H3. The maximum Gasteiger partial charge on any atom is 0.283 e. The monoisotopic (exact) mass is 315 g/mol. The Morgan fingerprint density at radius 2 is 2.50 bits per heavy atom. The van der Waals surface area contributed by atoms with Crippen molar-refractivity contribution in [1.29, 1.82) is 0 Å². The highest BCUT2D eigenvalue weighted by Gasteiger charge is 2.16. The molecule has 0 spiro atoms. The Bertz CT molecular complexity index is 455. The molecule has 0 saturated carbocycles. The summed E-state index contributed by atoms with van der Waals surface area (Å²) in [6.45, 7) is 5.12. The highest BCUT2D eigenvalue weighted by molar-refractivity contribution is 9.10. The van der Waals surface area contributed by atoms with E-state index in [0.717, 1.165) is 38.3 Å². The van der Waals surface area contributed by atoms with E-state index in [1.807, 2.05) is 6.92 Å². The van der Waals surface area contributed by atoms with Gasteiger partial charge in [-0.25, -0.2) is 4.68 Å². The van der Waals surface area contributed by atoms with E-state index in [0.29, 0.717) is 16.9 Å². The van der Waals surface area contributed by atoms with Crippen LogP contribution in [-0.4, -0.2) is 29.5 Å². The van der Waals surface area contributed by atoms with Crippen LogP contribution >= 0.6 is 15.9 Å². The summed E-state index contributed by atoms with van der Waals surface area (Å²) in [5.41, 5.74) is 0.684. The molecule has 1 N–H and O–H groups in total. The predicted octanol–water partition coefficient (Wildman–Crippen LogP) is 1.86. The van der Waals surface area contributed by atoms with Gasteiger partial charge in [0.2, 0.25) is 0 Å². The van der Waals surface area contributed by atoms with E-state index < -0.39 is 0 Å². The van der Waals surface area contributed by atoms with Gasteiger partial charge in [-0.2, -0.15) is 5.10 Å². The van der Waals surface area contributed by atoms with Crippen LogP contribution in [0.4, 0.5) is 5.69 Å². The number of nitrogens with one attached hydrogen (secondary N) is 1. The van der Waals surface area contributed by atoms with Gasteiger partial charge in [-0.1, -0.05) is 6.92 Å². The number of hydrogen-bond acceptors (Lipinski definition) is 4. The van der Waals surface area contributed by atoms with Crippen LogP contribution in [0, 0.1) is 5.92 Å². The minimum Gasteiger partial charge on any atom is -0.382 e. The second kappa shape index (κ2) is 6.33. The van der Waals surface area contributed by atoms with Crippen molar-refractivity contribution in [2.24, 2.45) is 5.92 Å². The summed E-state index contributed by atoms with van der Waals surface area (Å²) in [5, 5.41) is 7.42. The first kappa shape index (κ1) is 13.5. The van der Waals surface area contributed by atoms with Crippen LogP contribution in [-0.2, 0) is 11.3 Å². The minimum atomic E-state index is -0.0791. The number of aromatic nitrogens is 2. The molecule has 0 amide bonds. The Labute approximate surface area is 115 Å². The Morgan fingerprint density at radius 1 is 1.67 bits per heavy atom. The third-order valence-corrected chi connectivity index (χ3v) is 3.79. The van der Waals surface area contributed by atoms with E-state index in [9.17, 15) is 4.79 Å². The van der Waals surface area contributed by atoms with Crippen molar-refractivity contribution in [2.75, 3.05) is 25.1 Å². The van der Waals surface area contributed by atoms with Gasteiger partial charge in [0.25, 0.3) is 5.56 Å². The molecule has 1 atom stereocenters. The van der Waals surface area contributed by atoms with E-state index >= 15 is 0 Å². The molecule has 1 aromatic rings. The number of ether oxygens (including phenoxy) is 1. The number of halogens is 1. The van der Waals surface area contributed by atoms with E-state index in [-0.39, 0.29) is 5.56 Å². The van der Waals surface area contributed by atoms with Gasteiger partial charge >= 0.3 is 0 Å². The number of anilines is 1. The minimum absolute atomic E-state index is 0.0791. The zero-order valence-corrected chi connectivity index (χ0v) is 12.1. The Kier molecular flexibility index (Phi) is 4.77. The van der Waals surface area contributed by atoms with Gasteiger partial charge in [-0.05, 0) is 28.8 Å². The molecule has 1 unspecified atom stereocenters. The van der Waals surface area contributed by atoms with Crippen molar-refractivity contribution < 1.29 is 4.74 Å². The molecule has 2 heterocycles. The lowest BCUT2D eigenvalue weighted by molar-refractivity contribution is 0.187. The number of rotatable bonds is 5. The van der Waals surface area contributed by atoms with Gasteiger partial charge in [-0.3, -0.25) is 4.79 Å². The number of hydrogen-bond donors (Lipinski definition) is 1. The first-order chi connectivity index (χ1) is 8.72. The number of nitrogens with zero attached hydrogens (tertiary/aromatic N) is 2. The van der Waals surface area contributed by atoms with Crippen LogP contribution in [0.5, 0.6) is 0 Å². The average Bonchev–Trinajstić information content (AvgIpc) is 2.87. The molecular formula is C12H18BrN3O2. The highest BCUT2D eigenvalue weighted by atomic mass is 79.9. The van der Waals surface area contributed by atoms with Crippen LogP contribution in [0.25, 0.3) is 0 Å².